The van der Waals surface area contributed by atoms with Crippen molar-refractivity contribution in [3.05, 3.63) is 63.4 Å². The second-order valence-electron chi connectivity index (χ2n) is 8.96. The third kappa shape index (κ3) is 5.75. The average molecular weight is 595 g/mol. The van der Waals surface area contributed by atoms with Crippen LogP contribution in [0.5, 0.6) is 10.8 Å². The fourth-order valence-corrected chi connectivity index (χ4v) is 7.26. The highest BCUT2D eigenvalue weighted by molar-refractivity contribution is 7.93. The molecule has 0 radical (unpaired) electrons. The summed E-state index contributed by atoms with van der Waals surface area (Å²) in [6.45, 7) is 6.78. The molecule has 3 aromatic rings. The van der Waals surface area contributed by atoms with Crippen LogP contribution in [0.1, 0.15) is 43.8 Å². The van der Waals surface area contributed by atoms with Crippen LogP contribution in [0.15, 0.2) is 41.4 Å². The summed E-state index contributed by atoms with van der Waals surface area (Å²) in [5.41, 5.74) is 1.55. The van der Waals surface area contributed by atoms with Gasteiger partial charge in [0.2, 0.25) is 10.1 Å². The van der Waals surface area contributed by atoms with Crippen LogP contribution < -0.4 is 13.8 Å². The fraction of sp³-hybridized carbons (Fsp3) is 0.333. The molecule has 12 heteroatoms. The Balaban J connectivity index is 1.85. The Bertz CT molecular complexity index is 1520. The number of anilines is 1. The van der Waals surface area contributed by atoms with Gasteiger partial charge in [0.25, 0.3) is 10.0 Å². The lowest BCUT2D eigenvalue weighted by Gasteiger charge is -2.36. The first kappa shape index (κ1) is 28.8. The largest absolute Gasteiger partial charge is 0.485 e. The van der Waals surface area contributed by atoms with Gasteiger partial charge in [0.05, 0.1) is 34.8 Å². The number of hydrogen-bond acceptors (Lipinski definition) is 7. The number of ether oxygens (including phenoxy) is 2. The molecule has 0 fully saturated rings. The van der Waals surface area contributed by atoms with Gasteiger partial charge in [-0.05, 0) is 62.6 Å². The van der Waals surface area contributed by atoms with E-state index in [2.05, 4.69) is 4.98 Å². The quantitative estimate of drug-likeness (QED) is 0.297. The molecule has 0 amide bonds. The number of aryl methyl sites for hydroxylation is 1. The maximum absolute atomic E-state index is 14.5. The molecule has 0 saturated heterocycles. The molecule has 2 atom stereocenters. The molecule has 39 heavy (non-hydrogen) atoms. The van der Waals surface area contributed by atoms with Crippen LogP contribution >= 0.6 is 22.9 Å². The molecule has 0 spiro atoms. The molecular weight excluding hydrogens is 567 g/mol. The molecule has 0 aliphatic carbocycles. The number of hydrogen-bond donors (Lipinski definition) is 1. The summed E-state index contributed by atoms with van der Waals surface area (Å²) in [6.07, 6.45) is 1.25. The Kier molecular flexibility index (Phi) is 8.53. The summed E-state index contributed by atoms with van der Waals surface area (Å²) in [7, 11) is -4.29. The van der Waals surface area contributed by atoms with Gasteiger partial charge in [-0.3, -0.25) is 9.10 Å². The average Bonchev–Trinajstić information content (AvgIpc) is 3.31. The van der Waals surface area contributed by atoms with Gasteiger partial charge < -0.3 is 14.6 Å². The number of benzene rings is 2. The highest BCUT2D eigenvalue weighted by Gasteiger charge is 2.41. The van der Waals surface area contributed by atoms with Crippen LogP contribution in [0.2, 0.25) is 5.02 Å². The minimum atomic E-state index is -4.29. The van der Waals surface area contributed by atoms with Crippen molar-refractivity contribution >= 4 is 56.3 Å². The first-order chi connectivity index (χ1) is 18.5. The predicted molar refractivity (Wildman–Crippen MR) is 150 cm³/mol. The first-order valence-corrected chi connectivity index (χ1v) is 14.9. The lowest BCUT2D eigenvalue weighted by Crippen LogP contribution is -2.48. The minimum Gasteiger partial charge on any atom is -0.485 e. The Morgan fingerprint density at radius 1 is 1.36 bits per heavy atom. The fourth-order valence-electron chi connectivity index (χ4n) is 4.20. The topological polar surface area (TPSA) is 106 Å². The SMILES string of the molecule is CCOc1sc(CC)nc1S(=O)(=O)N1CC(C(C)C(=O)O)Oc2ccc(/C=C(\C)c3c(F)cccc3Cl)cc21. The van der Waals surface area contributed by atoms with Gasteiger partial charge in [-0.1, -0.05) is 48.1 Å². The van der Waals surface area contributed by atoms with E-state index in [-0.39, 0.29) is 45.3 Å². The predicted octanol–water partition coefficient (Wildman–Crippen LogP) is 6.13. The molecule has 0 saturated carbocycles. The molecular formula is C27H28ClFN2O6S2. The van der Waals surface area contributed by atoms with Crippen LogP contribution in [-0.2, 0) is 21.2 Å². The number of aromatic nitrogens is 1. The van der Waals surface area contributed by atoms with Gasteiger partial charge >= 0.3 is 5.97 Å². The van der Waals surface area contributed by atoms with Crippen LogP contribution in [0.3, 0.4) is 0 Å². The maximum atomic E-state index is 14.5. The molecule has 1 N–H and O–H groups in total. The van der Waals surface area contributed by atoms with E-state index in [1.807, 2.05) is 6.92 Å². The zero-order valence-corrected chi connectivity index (χ0v) is 24.2. The minimum absolute atomic E-state index is 0.173. The molecule has 0 bridgehead atoms. The van der Waals surface area contributed by atoms with Gasteiger partial charge in [-0.25, -0.2) is 9.37 Å². The molecule has 1 aromatic heterocycles. The number of rotatable bonds is 9. The van der Waals surface area contributed by atoms with Crippen LogP contribution in [-0.4, -0.2) is 43.7 Å². The highest BCUT2D eigenvalue weighted by Crippen LogP contribution is 2.42. The van der Waals surface area contributed by atoms with Gasteiger partial charge in [-0.15, -0.1) is 0 Å². The van der Waals surface area contributed by atoms with E-state index in [9.17, 15) is 22.7 Å². The van der Waals surface area contributed by atoms with Gasteiger partial charge in [0, 0.05) is 5.56 Å². The van der Waals surface area contributed by atoms with Crippen molar-refractivity contribution in [1.82, 2.24) is 4.98 Å². The molecule has 1 aliphatic rings. The highest BCUT2D eigenvalue weighted by atomic mass is 35.5. The van der Waals surface area contributed by atoms with Crippen LogP contribution in [0.25, 0.3) is 11.6 Å². The van der Waals surface area contributed by atoms with E-state index in [0.717, 1.165) is 15.6 Å². The van der Waals surface area contributed by atoms with Gasteiger partial charge in [0.1, 0.15) is 17.7 Å². The van der Waals surface area contributed by atoms with Crippen molar-refractivity contribution in [3.8, 4) is 10.8 Å². The number of fused-ring (bicyclic) bond motifs is 1. The van der Waals surface area contributed by atoms with Crippen molar-refractivity contribution in [2.45, 2.75) is 45.2 Å². The molecule has 8 nitrogen and oxygen atoms in total. The molecule has 208 valence electrons. The Morgan fingerprint density at radius 3 is 2.74 bits per heavy atom. The number of sulfonamides is 1. The molecule has 2 aromatic carbocycles. The maximum Gasteiger partial charge on any atom is 0.310 e. The number of carboxylic acids is 1. The molecule has 2 heterocycles. The normalized spacial score (nSPS) is 16.4. The van der Waals surface area contributed by atoms with Crippen molar-refractivity contribution < 1.29 is 32.2 Å². The summed E-state index contributed by atoms with van der Waals surface area (Å²) in [5, 5.41) is 10.4. The van der Waals surface area contributed by atoms with Gasteiger partial charge in [-0.2, -0.15) is 8.42 Å². The number of carbonyl (C=O) groups is 1. The van der Waals surface area contributed by atoms with E-state index in [1.165, 1.54) is 19.1 Å². The molecule has 2 unspecified atom stereocenters. The number of carboxylic acid groups (broad SMARTS) is 1. The summed E-state index contributed by atoms with van der Waals surface area (Å²) in [5.74, 6) is -2.39. The smallest absolute Gasteiger partial charge is 0.310 e. The third-order valence-corrected chi connectivity index (χ3v) is 9.53. The number of nitrogens with zero attached hydrogens (tertiary/aromatic N) is 2. The number of halogens is 2. The van der Waals surface area contributed by atoms with E-state index in [1.54, 1.807) is 44.2 Å². The summed E-state index contributed by atoms with van der Waals surface area (Å²) >= 11 is 7.39. The van der Waals surface area contributed by atoms with Crippen molar-refractivity contribution in [1.29, 1.82) is 0 Å². The van der Waals surface area contributed by atoms with Gasteiger partial charge in [0.15, 0.2) is 0 Å². The standard InChI is InChI=1S/C27H28ClFN2O6S2/c1-5-23-30-25(27(38-23)36-6-2)39(34,35)31-14-22(16(4)26(32)33)37-21-11-10-17(13-20(21)31)12-15(3)24-18(28)8-7-9-19(24)29/h7-13,16,22H,5-6,14H2,1-4H3,(H,32,33)/b15-12+. The summed E-state index contributed by atoms with van der Waals surface area (Å²) < 4.78 is 55.3. The molecule has 1 aliphatic heterocycles. The monoisotopic (exact) mass is 594 g/mol. The van der Waals surface area contributed by atoms with Crippen LogP contribution in [0.4, 0.5) is 10.1 Å². The summed E-state index contributed by atoms with van der Waals surface area (Å²) in [4.78, 5) is 16.1. The number of aliphatic carboxylic acids is 1. The Labute approximate surface area is 235 Å². The second-order valence-corrected chi connectivity index (χ2v) is 12.2. The summed E-state index contributed by atoms with van der Waals surface area (Å²) in [6, 6.07) is 9.26. The van der Waals surface area contributed by atoms with E-state index in [0.29, 0.717) is 22.6 Å². The molecule has 4 rings (SSSR count). The zero-order chi connectivity index (χ0) is 28.5. The van der Waals surface area contributed by atoms with Crippen molar-refractivity contribution in [2.75, 3.05) is 17.5 Å². The lowest BCUT2D eigenvalue weighted by atomic mass is 10.0. The third-order valence-electron chi connectivity index (χ3n) is 6.29. The second kappa shape index (κ2) is 11.5. The van der Waals surface area contributed by atoms with Crippen molar-refractivity contribution in [2.24, 2.45) is 5.92 Å². The van der Waals surface area contributed by atoms with E-state index in [4.69, 9.17) is 21.1 Å². The lowest BCUT2D eigenvalue weighted by molar-refractivity contribution is -0.144. The first-order valence-electron chi connectivity index (χ1n) is 12.3. The van der Waals surface area contributed by atoms with E-state index >= 15 is 0 Å². The van der Waals surface area contributed by atoms with Crippen molar-refractivity contribution in [3.63, 3.8) is 0 Å². The zero-order valence-electron chi connectivity index (χ0n) is 21.8. The Morgan fingerprint density at radius 2 is 2.10 bits per heavy atom. The van der Waals surface area contributed by atoms with E-state index < -0.39 is 33.8 Å². The Hall–Kier alpha value is -3.15. The van der Waals surface area contributed by atoms with Crippen LogP contribution in [0, 0.1) is 11.7 Å². The number of thiazole rings is 1. The number of allylic oxidation sites excluding steroid dienone is 1.